The number of H-pyrrole nitrogens is 1. The molecule has 0 aliphatic heterocycles. The molecule has 0 bridgehead atoms. The summed E-state index contributed by atoms with van der Waals surface area (Å²) in [5, 5.41) is 3.46. The number of esters is 1. The molecule has 0 unspecified atom stereocenters. The molecule has 29 heavy (non-hydrogen) atoms. The van der Waals surface area contributed by atoms with Gasteiger partial charge >= 0.3 is 5.97 Å². The molecule has 0 aliphatic rings. The molecule has 0 aliphatic carbocycles. The topological polar surface area (TPSA) is 108 Å². The SMILES string of the molecule is CCCOC(=O)c1[nH]c(CNCCN)c(-c2ccc(OC)c(OC)c2OC)c1Cl. The van der Waals surface area contributed by atoms with Crippen LogP contribution in [0.5, 0.6) is 17.2 Å². The number of carbonyl (C=O) groups is 1. The van der Waals surface area contributed by atoms with E-state index in [2.05, 4.69) is 10.3 Å². The van der Waals surface area contributed by atoms with E-state index in [4.69, 9.17) is 36.3 Å². The second-order valence-corrected chi connectivity index (χ2v) is 6.53. The molecule has 1 heterocycles. The molecule has 9 heteroatoms. The van der Waals surface area contributed by atoms with Crippen LogP contribution in [0.25, 0.3) is 11.1 Å². The highest BCUT2D eigenvalue weighted by molar-refractivity contribution is 6.36. The first-order chi connectivity index (χ1) is 14.0. The molecule has 0 amide bonds. The second-order valence-electron chi connectivity index (χ2n) is 6.15. The van der Waals surface area contributed by atoms with Gasteiger partial charge in [-0.05, 0) is 18.6 Å². The minimum atomic E-state index is -0.511. The van der Waals surface area contributed by atoms with E-state index < -0.39 is 5.97 Å². The minimum Gasteiger partial charge on any atom is -0.493 e. The Bertz CT molecular complexity index is 838. The first kappa shape index (κ1) is 22.9. The molecular weight excluding hydrogens is 398 g/mol. The zero-order valence-corrected chi connectivity index (χ0v) is 17.9. The van der Waals surface area contributed by atoms with Crippen molar-refractivity contribution in [2.45, 2.75) is 19.9 Å². The molecule has 1 aromatic heterocycles. The van der Waals surface area contributed by atoms with Crippen molar-refractivity contribution < 1.29 is 23.7 Å². The molecule has 160 valence electrons. The highest BCUT2D eigenvalue weighted by Gasteiger charge is 2.27. The van der Waals surface area contributed by atoms with Gasteiger partial charge in [0.2, 0.25) is 5.75 Å². The van der Waals surface area contributed by atoms with Gasteiger partial charge in [0, 0.05) is 36.5 Å². The fourth-order valence-corrected chi connectivity index (χ4v) is 3.30. The van der Waals surface area contributed by atoms with Crippen molar-refractivity contribution in [2.24, 2.45) is 5.73 Å². The largest absolute Gasteiger partial charge is 0.493 e. The van der Waals surface area contributed by atoms with E-state index >= 15 is 0 Å². The Morgan fingerprint density at radius 2 is 1.90 bits per heavy atom. The fourth-order valence-electron chi connectivity index (χ4n) is 2.96. The average molecular weight is 426 g/mol. The van der Waals surface area contributed by atoms with Crippen molar-refractivity contribution in [1.29, 1.82) is 0 Å². The van der Waals surface area contributed by atoms with E-state index in [1.807, 2.05) is 13.0 Å². The van der Waals surface area contributed by atoms with Crippen LogP contribution < -0.4 is 25.3 Å². The summed E-state index contributed by atoms with van der Waals surface area (Å²) in [6.07, 6.45) is 0.714. The van der Waals surface area contributed by atoms with Crippen LogP contribution in [-0.4, -0.2) is 52.0 Å². The first-order valence-corrected chi connectivity index (χ1v) is 9.69. The van der Waals surface area contributed by atoms with Gasteiger partial charge in [-0.25, -0.2) is 4.79 Å². The van der Waals surface area contributed by atoms with Crippen LogP contribution in [0.2, 0.25) is 5.02 Å². The van der Waals surface area contributed by atoms with Crippen LogP contribution in [0.4, 0.5) is 0 Å². The lowest BCUT2D eigenvalue weighted by Crippen LogP contribution is -2.22. The monoisotopic (exact) mass is 425 g/mol. The Morgan fingerprint density at radius 1 is 1.17 bits per heavy atom. The van der Waals surface area contributed by atoms with Crippen molar-refractivity contribution >= 4 is 17.6 Å². The van der Waals surface area contributed by atoms with Gasteiger partial charge in [-0.15, -0.1) is 0 Å². The Hall–Kier alpha value is -2.42. The highest BCUT2D eigenvalue weighted by atomic mass is 35.5. The number of hydrogen-bond donors (Lipinski definition) is 3. The average Bonchev–Trinajstić information content (AvgIpc) is 3.06. The number of nitrogens with one attached hydrogen (secondary N) is 2. The summed E-state index contributed by atoms with van der Waals surface area (Å²) in [7, 11) is 4.61. The van der Waals surface area contributed by atoms with Gasteiger partial charge in [0.25, 0.3) is 0 Å². The van der Waals surface area contributed by atoms with Crippen LogP contribution in [0.3, 0.4) is 0 Å². The summed E-state index contributed by atoms with van der Waals surface area (Å²) in [6, 6.07) is 3.56. The molecule has 4 N–H and O–H groups in total. The zero-order chi connectivity index (χ0) is 21.4. The van der Waals surface area contributed by atoms with Crippen LogP contribution in [0.1, 0.15) is 29.5 Å². The molecule has 0 fully saturated rings. The number of ether oxygens (including phenoxy) is 4. The molecular formula is C20H28ClN3O5. The van der Waals surface area contributed by atoms with Gasteiger partial charge in [0.15, 0.2) is 11.5 Å². The zero-order valence-electron chi connectivity index (χ0n) is 17.2. The number of methoxy groups -OCH3 is 3. The molecule has 0 atom stereocenters. The number of nitrogens with two attached hydrogens (primary N) is 1. The number of benzene rings is 1. The fraction of sp³-hybridized carbons (Fsp3) is 0.450. The third-order valence-corrected chi connectivity index (χ3v) is 4.63. The van der Waals surface area contributed by atoms with E-state index in [1.165, 1.54) is 14.2 Å². The molecule has 0 saturated heterocycles. The Morgan fingerprint density at radius 3 is 2.48 bits per heavy atom. The smallest absolute Gasteiger partial charge is 0.356 e. The lowest BCUT2D eigenvalue weighted by molar-refractivity contribution is 0.0499. The Balaban J connectivity index is 2.63. The summed E-state index contributed by atoms with van der Waals surface area (Å²) >= 11 is 6.64. The Labute approximate surface area is 175 Å². The number of aromatic amines is 1. The van der Waals surface area contributed by atoms with E-state index in [9.17, 15) is 4.79 Å². The van der Waals surface area contributed by atoms with Crippen LogP contribution in [0, 0.1) is 0 Å². The number of rotatable bonds is 11. The van der Waals surface area contributed by atoms with E-state index in [0.717, 1.165) is 0 Å². The van der Waals surface area contributed by atoms with Gasteiger partial charge in [-0.1, -0.05) is 18.5 Å². The van der Waals surface area contributed by atoms with Gasteiger partial charge < -0.3 is 35.0 Å². The predicted molar refractivity (Wildman–Crippen MR) is 112 cm³/mol. The third-order valence-electron chi connectivity index (χ3n) is 4.25. The van der Waals surface area contributed by atoms with E-state index in [-0.39, 0.29) is 10.7 Å². The van der Waals surface area contributed by atoms with E-state index in [0.29, 0.717) is 66.7 Å². The minimum absolute atomic E-state index is 0.191. The third kappa shape index (κ3) is 4.95. The van der Waals surface area contributed by atoms with Crippen molar-refractivity contribution in [1.82, 2.24) is 10.3 Å². The maximum atomic E-state index is 12.5. The van der Waals surface area contributed by atoms with Crippen LogP contribution in [-0.2, 0) is 11.3 Å². The molecule has 0 radical (unpaired) electrons. The van der Waals surface area contributed by atoms with E-state index in [1.54, 1.807) is 13.2 Å². The summed E-state index contributed by atoms with van der Waals surface area (Å²) in [6.45, 7) is 3.74. The standard InChI is InChI=1S/C20H28ClN3O5/c1-5-10-29-20(25)17-16(21)15(13(24-17)11-23-9-8-22)12-6-7-14(26-2)19(28-4)18(12)27-3/h6-7,23-24H,5,8-11,22H2,1-4H3. The number of carbonyl (C=O) groups excluding carboxylic acids is 1. The lowest BCUT2D eigenvalue weighted by Gasteiger charge is -2.16. The summed E-state index contributed by atoms with van der Waals surface area (Å²) in [5.41, 5.74) is 7.75. The molecule has 2 aromatic rings. The Kier molecular flexibility index (Phi) is 8.63. The second kappa shape index (κ2) is 10.9. The van der Waals surface area contributed by atoms with Crippen molar-refractivity contribution in [3.63, 3.8) is 0 Å². The summed E-state index contributed by atoms with van der Waals surface area (Å²) in [4.78, 5) is 15.6. The maximum Gasteiger partial charge on any atom is 0.356 e. The maximum absolute atomic E-state index is 12.5. The van der Waals surface area contributed by atoms with Gasteiger partial charge in [0.1, 0.15) is 5.69 Å². The number of halogens is 1. The predicted octanol–water partition coefficient (Wildman–Crippen LogP) is 2.98. The molecule has 8 nitrogen and oxygen atoms in total. The van der Waals surface area contributed by atoms with Crippen LogP contribution >= 0.6 is 11.6 Å². The number of hydrogen-bond acceptors (Lipinski definition) is 7. The lowest BCUT2D eigenvalue weighted by atomic mass is 10.0. The van der Waals surface area contributed by atoms with Gasteiger partial charge in [-0.2, -0.15) is 0 Å². The van der Waals surface area contributed by atoms with Gasteiger partial charge in [0.05, 0.1) is 33.0 Å². The number of aromatic nitrogens is 1. The molecule has 0 saturated carbocycles. The summed E-state index contributed by atoms with van der Waals surface area (Å²) in [5.74, 6) is 0.884. The van der Waals surface area contributed by atoms with Crippen molar-refractivity contribution in [3.8, 4) is 28.4 Å². The van der Waals surface area contributed by atoms with Gasteiger partial charge in [-0.3, -0.25) is 0 Å². The van der Waals surface area contributed by atoms with Crippen molar-refractivity contribution in [3.05, 3.63) is 28.5 Å². The molecule has 2 rings (SSSR count). The first-order valence-electron chi connectivity index (χ1n) is 9.31. The summed E-state index contributed by atoms with van der Waals surface area (Å²) < 4.78 is 21.7. The normalized spacial score (nSPS) is 10.7. The quantitative estimate of drug-likeness (QED) is 0.375. The molecule has 0 spiro atoms. The highest BCUT2D eigenvalue weighted by Crippen LogP contribution is 2.47. The molecule has 1 aromatic carbocycles. The van der Waals surface area contributed by atoms with Crippen molar-refractivity contribution in [2.75, 3.05) is 41.0 Å². The van der Waals surface area contributed by atoms with Crippen LogP contribution in [0.15, 0.2) is 12.1 Å².